The molecule has 1 aliphatic rings. The highest BCUT2D eigenvalue weighted by Gasteiger charge is 2.24. The van der Waals surface area contributed by atoms with E-state index >= 15 is 0 Å². The quantitative estimate of drug-likeness (QED) is 0.856. The van der Waals surface area contributed by atoms with Crippen LogP contribution in [-0.4, -0.2) is 37.6 Å². The van der Waals surface area contributed by atoms with Crippen LogP contribution in [0.3, 0.4) is 0 Å². The highest BCUT2D eigenvalue weighted by atomic mass is 35.5. The zero-order valence-corrected chi connectivity index (χ0v) is 14.6. The Hall–Kier alpha value is -0.850. The molecule has 0 unspecified atom stereocenters. The second-order valence-electron chi connectivity index (χ2n) is 6.17. The third kappa shape index (κ3) is 5.41. The van der Waals surface area contributed by atoms with Gasteiger partial charge in [0.1, 0.15) is 5.02 Å². The summed E-state index contributed by atoms with van der Waals surface area (Å²) in [5.74, 6) is 1.37. The van der Waals surface area contributed by atoms with Gasteiger partial charge in [0.25, 0.3) is 0 Å². The van der Waals surface area contributed by atoms with E-state index in [2.05, 4.69) is 24.1 Å². The summed E-state index contributed by atoms with van der Waals surface area (Å²) in [5.41, 5.74) is 0.921. The Morgan fingerprint density at radius 2 is 2.27 bits per heavy atom. The van der Waals surface area contributed by atoms with E-state index in [0.29, 0.717) is 35.7 Å². The van der Waals surface area contributed by atoms with Gasteiger partial charge in [0, 0.05) is 18.8 Å². The summed E-state index contributed by atoms with van der Waals surface area (Å²) in [6, 6.07) is 1.82. The van der Waals surface area contributed by atoms with E-state index in [9.17, 15) is 8.42 Å². The van der Waals surface area contributed by atoms with Gasteiger partial charge in [-0.15, -0.1) is 0 Å². The first kappa shape index (κ1) is 17.5. The maximum atomic E-state index is 11.6. The Kier molecular flexibility index (Phi) is 6.06. The molecule has 0 amide bonds. The summed E-state index contributed by atoms with van der Waals surface area (Å²) in [5, 5.41) is 3.75. The Morgan fingerprint density at radius 1 is 1.50 bits per heavy atom. The molecule has 0 saturated carbocycles. The van der Waals surface area contributed by atoms with Gasteiger partial charge in [0.2, 0.25) is 5.88 Å². The van der Waals surface area contributed by atoms with Crippen molar-refractivity contribution in [1.82, 2.24) is 10.3 Å². The Labute approximate surface area is 137 Å². The predicted molar refractivity (Wildman–Crippen MR) is 88.1 cm³/mol. The van der Waals surface area contributed by atoms with E-state index in [1.54, 1.807) is 6.20 Å². The van der Waals surface area contributed by atoms with E-state index in [1.807, 2.05) is 6.07 Å². The summed E-state index contributed by atoms with van der Waals surface area (Å²) in [4.78, 5) is 4.23. The molecule has 1 saturated heterocycles. The summed E-state index contributed by atoms with van der Waals surface area (Å²) < 4.78 is 28.7. The zero-order valence-electron chi connectivity index (χ0n) is 13.0. The van der Waals surface area contributed by atoms with E-state index in [-0.39, 0.29) is 11.8 Å². The van der Waals surface area contributed by atoms with Gasteiger partial charge in [-0.1, -0.05) is 25.4 Å². The van der Waals surface area contributed by atoms with Crippen LogP contribution < -0.4 is 10.1 Å². The van der Waals surface area contributed by atoms with Gasteiger partial charge in [-0.2, -0.15) is 0 Å². The summed E-state index contributed by atoms with van der Waals surface area (Å²) in [6.07, 6.45) is 3.32. The van der Waals surface area contributed by atoms with Crippen LogP contribution in [0.25, 0.3) is 0 Å². The van der Waals surface area contributed by atoms with Crippen molar-refractivity contribution >= 4 is 21.4 Å². The first-order valence-electron chi connectivity index (χ1n) is 7.57. The minimum Gasteiger partial charge on any atom is -0.476 e. The number of hydrogen-bond donors (Lipinski definition) is 1. The third-order valence-electron chi connectivity index (χ3n) is 3.48. The highest BCUT2D eigenvalue weighted by molar-refractivity contribution is 7.91. The number of nitrogens with one attached hydrogen (secondary N) is 1. The van der Waals surface area contributed by atoms with E-state index < -0.39 is 9.84 Å². The van der Waals surface area contributed by atoms with Gasteiger partial charge >= 0.3 is 0 Å². The first-order valence-corrected chi connectivity index (χ1v) is 9.76. The molecule has 22 heavy (non-hydrogen) atoms. The number of hydrogen-bond acceptors (Lipinski definition) is 5. The Morgan fingerprint density at radius 3 is 2.91 bits per heavy atom. The number of halogens is 1. The van der Waals surface area contributed by atoms with Crippen molar-refractivity contribution in [3.63, 3.8) is 0 Å². The van der Waals surface area contributed by atoms with Crippen LogP contribution >= 0.6 is 11.6 Å². The van der Waals surface area contributed by atoms with Crippen LogP contribution in [0.5, 0.6) is 5.88 Å². The second kappa shape index (κ2) is 7.62. The molecular formula is C15H23ClN2O3S. The van der Waals surface area contributed by atoms with Crippen LogP contribution in [-0.2, 0) is 16.4 Å². The molecule has 5 nitrogen and oxygen atoms in total. The van der Waals surface area contributed by atoms with Crippen LogP contribution in [0.1, 0.15) is 32.3 Å². The Bertz CT molecular complexity index is 605. The standard InChI is InChI=1S/C15H23ClN2O3S/c1-11(2)9-21-15-14(16)6-12(8-18-15)7-17-13-4-3-5-22(19,20)10-13/h6,8,11,13,17H,3-5,7,9-10H2,1-2H3/t13-/m0/s1. The Balaban J connectivity index is 1.89. The average molecular weight is 347 g/mol. The van der Waals surface area contributed by atoms with Crippen molar-refractivity contribution < 1.29 is 13.2 Å². The van der Waals surface area contributed by atoms with Crippen LogP contribution in [0.2, 0.25) is 5.02 Å². The summed E-state index contributed by atoms with van der Waals surface area (Å²) >= 11 is 6.17. The monoisotopic (exact) mass is 346 g/mol. The second-order valence-corrected chi connectivity index (χ2v) is 8.81. The molecule has 0 aromatic carbocycles. The lowest BCUT2D eigenvalue weighted by atomic mass is 10.1. The topological polar surface area (TPSA) is 68.3 Å². The maximum absolute atomic E-state index is 11.6. The molecule has 2 rings (SSSR count). The molecule has 0 radical (unpaired) electrons. The number of rotatable bonds is 6. The van der Waals surface area contributed by atoms with Crippen molar-refractivity contribution in [2.45, 2.75) is 39.3 Å². The van der Waals surface area contributed by atoms with Crippen molar-refractivity contribution in [3.05, 3.63) is 22.8 Å². The van der Waals surface area contributed by atoms with Crippen molar-refractivity contribution in [2.75, 3.05) is 18.1 Å². The smallest absolute Gasteiger partial charge is 0.232 e. The maximum Gasteiger partial charge on any atom is 0.232 e. The molecule has 1 N–H and O–H groups in total. The lowest BCUT2D eigenvalue weighted by Crippen LogP contribution is -2.39. The predicted octanol–water partition coefficient (Wildman–Crippen LogP) is 2.44. The molecular weight excluding hydrogens is 324 g/mol. The first-order chi connectivity index (χ1) is 10.4. The number of sulfone groups is 1. The largest absolute Gasteiger partial charge is 0.476 e. The van der Waals surface area contributed by atoms with Gasteiger partial charge in [-0.25, -0.2) is 13.4 Å². The fourth-order valence-electron chi connectivity index (χ4n) is 2.36. The molecule has 1 aliphatic heterocycles. The van der Waals surface area contributed by atoms with Gasteiger partial charge in [-0.05, 0) is 30.4 Å². The molecule has 2 heterocycles. The fourth-order valence-corrected chi connectivity index (χ4v) is 4.27. The van der Waals surface area contributed by atoms with Gasteiger partial charge in [0.05, 0.1) is 18.1 Å². The van der Waals surface area contributed by atoms with Crippen molar-refractivity contribution in [3.8, 4) is 5.88 Å². The van der Waals surface area contributed by atoms with E-state index in [0.717, 1.165) is 18.4 Å². The lowest BCUT2D eigenvalue weighted by molar-refractivity contribution is 0.261. The van der Waals surface area contributed by atoms with Crippen LogP contribution in [0, 0.1) is 5.92 Å². The minimum atomic E-state index is -2.89. The zero-order chi connectivity index (χ0) is 16.2. The van der Waals surface area contributed by atoms with Crippen LogP contribution in [0.15, 0.2) is 12.3 Å². The van der Waals surface area contributed by atoms with Crippen LogP contribution in [0.4, 0.5) is 0 Å². The SMILES string of the molecule is CC(C)COc1ncc(CN[C@H]2CCCS(=O)(=O)C2)cc1Cl. The fraction of sp³-hybridized carbons (Fsp3) is 0.667. The molecule has 1 aromatic heterocycles. The van der Waals surface area contributed by atoms with E-state index in [4.69, 9.17) is 16.3 Å². The summed E-state index contributed by atoms with van der Waals surface area (Å²) in [6.45, 7) is 5.25. The number of pyridine rings is 1. The molecule has 1 atom stereocenters. The lowest BCUT2D eigenvalue weighted by Gasteiger charge is -2.23. The molecule has 0 aliphatic carbocycles. The molecule has 1 fully saturated rings. The number of ether oxygens (including phenoxy) is 1. The van der Waals surface area contributed by atoms with Crippen molar-refractivity contribution in [2.24, 2.45) is 5.92 Å². The van der Waals surface area contributed by atoms with Crippen molar-refractivity contribution in [1.29, 1.82) is 0 Å². The molecule has 1 aromatic rings. The number of aromatic nitrogens is 1. The third-order valence-corrected chi connectivity index (χ3v) is 5.57. The van der Waals surface area contributed by atoms with Gasteiger partial charge in [0.15, 0.2) is 9.84 Å². The molecule has 0 spiro atoms. The number of nitrogens with zero attached hydrogens (tertiary/aromatic N) is 1. The van der Waals surface area contributed by atoms with Gasteiger partial charge < -0.3 is 10.1 Å². The molecule has 0 bridgehead atoms. The minimum absolute atomic E-state index is 0.00870. The molecule has 7 heteroatoms. The molecule has 124 valence electrons. The summed E-state index contributed by atoms with van der Waals surface area (Å²) in [7, 11) is -2.89. The van der Waals surface area contributed by atoms with Gasteiger partial charge in [-0.3, -0.25) is 0 Å². The highest BCUT2D eigenvalue weighted by Crippen LogP contribution is 2.23. The normalized spacial score (nSPS) is 21.0. The average Bonchev–Trinajstić information content (AvgIpc) is 2.43. The van der Waals surface area contributed by atoms with E-state index in [1.165, 1.54) is 0 Å².